The molecule has 1 aromatic carbocycles. The van der Waals surface area contributed by atoms with E-state index in [1.54, 1.807) is 0 Å². The van der Waals surface area contributed by atoms with Crippen molar-refractivity contribution in [2.45, 2.75) is 0 Å². The predicted octanol–water partition coefficient (Wildman–Crippen LogP) is 2.38. The third-order valence-corrected chi connectivity index (χ3v) is 9.00. The first-order valence-corrected chi connectivity index (χ1v) is 34.7. The Kier molecular flexibility index (Phi) is 80.2. The van der Waals surface area contributed by atoms with Crippen molar-refractivity contribution in [1.82, 2.24) is 0 Å². The third-order valence-electron chi connectivity index (χ3n) is 9.00. The van der Waals surface area contributed by atoms with E-state index in [1.165, 1.54) is 30.3 Å². The van der Waals surface area contributed by atoms with Crippen LogP contribution in [-0.2, 0) is 4.79 Å². The number of terminal acetylenes is 2. The molecule has 0 fully saturated rings. The summed E-state index contributed by atoms with van der Waals surface area (Å²) in [5.74, 6) is 307. The van der Waals surface area contributed by atoms with Crippen LogP contribution in [0.15, 0.2) is 30.3 Å². The topological polar surface area (TPSA) is 37.3 Å². The minimum Gasteiger partial charge on any atom is -0.478 e. The van der Waals surface area contributed by atoms with Gasteiger partial charge >= 0.3 is 5.97 Å². The second-order valence-electron chi connectivity index (χ2n) is 17.8. The molecule has 138 heavy (non-hydrogen) atoms. The van der Waals surface area contributed by atoms with Crippen LogP contribution in [0.5, 0.6) is 0 Å². The van der Waals surface area contributed by atoms with Crippen LogP contribution < -0.4 is 0 Å². The van der Waals surface area contributed by atoms with Gasteiger partial charge in [0.25, 0.3) is 0 Å². The summed E-state index contributed by atoms with van der Waals surface area (Å²) in [6, 6.07) is 5.58. The van der Waals surface area contributed by atoms with E-state index in [4.69, 9.17) is 18.0 Å². The maximum atomic E-state index is 12.3. The lowest BCUT2D eigenvalue weighted by Crippen LogP contribution is -1.85. The quantitative estimate of drug-likeness (QED) is 0.366. The highest BCUT2D eigenvalue weighted by molar-refractivity contribution is 5.85. The minimum atomic E-state index is -1.01. The average molecular weight is 1680 g/mol. The first kappa shape index (κ1) is 109. The van der Waals surface area contributed by atoms with Gasteiger partial charge in [0.2, 0.25) is 0 Å². The predicted molar refractivity (Wildman–Crippen MR) is 535 cm³/mol. The molecule has 0 bridgehead atoms. The Hall–Kier alpha value is -29.4. The number of rotatable bonds is 2. The van der Waals surface area contributed by atoms with Crippen molar-refractivity contribution in [3.8, 4) is 747 Å². The summed E-state index contributed by atoms with van der Waals surface area (Å²) in [5, 5.41) is 8.27. The Morgan fingerprint density at radius 2 is 0.225 bits per heavy atom. The average Bonchev–Trinajstić information content (AvgIpc) is 0.927. The number of benzene rings is 1. The van der Waals surface area contributed by atoms with Gasteiger partial charge in [0.05, 0.1) is 0 Å². The number of carboxylic acid groups (broad SMARTS) is 1. The lowest BCUT2D eigenvalue weighted by molar-refractivity contribution is -0.131. The summed E-state index contributed by atoms with van der Waals surface area (Å²) in [6.07, 6.45) is 12.3. The highest BCUT2D eigenvalue weighted by Crippen LogP contribution is 2.04. The van der Waals surface area contributed by atoms with Gasteiger partial charge in [-0.05, 0) is 118 Å². The van der Waals surface area contributed by atoms with Crippen molar-refractivity contribution >= 4 is 12.0 Å². The zero-order valence-electron chi connectivity index (χ0n) is 69.4. The van der Waals surface area contributed by atoms with E-state index in [1.807, 2.05) is 0 Å². The van der Waals surface area contributed by atoms with E-state index in [0.29, 0.717) is 5.56 Å². The Balaban J connectivity index is 0.0000144. The highest BCUT2D eigenvalue weighted by atomic mass is 19.1. The summed E-state index contributed by atoms with van der Waals surface area (Å²) in [6.45, 7) is 0. The van der Waals surface area contributed by atoms with Crippen LogP contribution in [0.1, 0.15) is 5.56 Å². The molecule has 0 saturated carbocycles. The summed E-state index contributed by atoms with van der Waals surface area (Å²) < 4.78 is 12.3. The molecule has 0 unspecified atom stereocenters. The molecule has 0 saturated heterocycles. The van der Waals surface area contributed by atoms with Gasteiger partial charge in [-0.25, -0.2) is 9.18 Å². The lowest BCUT2D eigenvalue weighted by Gasteiger charge is -1.90. The van der Waals surface area contributed by atoms with Crippen LogP contribution >= 0.6 is 0 Å². The zero-order chi connectivity index (χ0) is 98.7. The van der Waals surface area contributed by atoms with Gasteiger partial charge in [0, 0.05) is 645 Å². The Morgan fingerprint density at radius 1 is 0.152 bits per heavy atom. The van der Waals surface area contributed by atoms with Crippen LogP contribution in [0.3, 0.4) is 0 Å². The van der Waals surface area contributed by atoms with E-state index in [9.17, 15) is 9.18 Å². The maximum absolute atomic E-state index is 12.3. The molecule has 1 aromatic rings. The van der Waals surface area contributed by atoms with Crippen LogP contribution in [0.2, 0.25) is 0 Å². The van der Waals surface area contributed by atoms with Gasteiger partial charge in [-0.15, -0.1) is 12.8 Å². The molecule has 0 spiro atoms. The third kappa shape index (κ3) is 101. The van der Waals surface area contributed by atoms with Crippen molar-refractivity contribution < 1.29 is 14.3 Å². The maximum Gasteiger partial charge on any atom is 0.328 e. The molecule has 3 heteroatoms. The number of hydrogen-bond donors (Lipinski definition) is 1. The molecule has 0 radical (unpaired) electrons. The lowest BCUT2D eigenvalue weighted by atomic mass is 10.2. The number of carbonyl (C=O) groups is 1. The summed E-state index contributed by atoms with van der Waals surface area (Å²) in [7, 11) is 0. The summed E-state index contributed by atoms with van der Waals surface area (Å²) >= 11 is 0. The molecule has 0 aliphatic carbocycles. The molecule has 0 aliphatic rings. The fourth-order valence-corrected chi connectivity index (χ4v) is 4.56. The minimum absolute atomic E-state index is 0.331. The molecule has 2 nitrogen and oxygen atoms in total. The van der Waals surface area contributed by atoms with Gasteiger partial charge in [-0.2, -0.15) is 0 Å². The Labute approximate surface area is 809 Å². The molecule has 0 amide bonds. The van der Waals surface area contributed by atoms with Crippen LogP contribution in [0, 0.1) is 753 Å². The number of aliphatic carboxylic acids is 1. The standard InChI is InChI=1S/C126H2.C9H7FO2/c1-3-5-7-9-11-13-15-17-19-21-23-25-27-29-31-33-35-37-39-41-43-45-47-49-51-53-55-57-59-61-63-65-67-69-71-73-75-77-79-81-83-85-87-89-91-93-95-97-99-101-103-105-107-109-111-113-115-117-119-121-123-125-126-124-122-120-118-116-114-112-110-108-106-104-102-100-98-96-94-92-90-88-86-84-82-80-78-76-74-72-70-68-66-64-62-60-58-56-54-52-50-48-46-44-42-40-38-36-34-32-30-28-26-24-22-20-18-16-14-12-10-8-6-4-2;10-8-4-1-7(2-5-8)3-6-9(11)12/h1-2H;1-6H,(H,11,12)/b;6-3+. The van der Waals surface area contributed by atoms with Crippen molar-refractivity contribution in [3.05, 3.63) is 41.7 Å². The van der Waals surface area contributed by atoms with Crippen molar-refractivity contribution in [2.24, 2.45) is 0 Å². The van der Waals surface area contributed by atoms with Crippen LogP contribution in [0.4, 0.5) is 4.39 Å². The van der Waals surface area contributed by atoms with Crippen molar-refractivity contribution in [2.75, 3.05) is 0 Å². The highest BCUT2D eigenvalue weighted by Gasteiger charge is 1.90. The van der Waals surface area contributed by atoms with Gasteiger partial charge < -0.3 is 5.11 Å². The molecular formula is C135H9FO2. The van der Waals surface area contributed by atoms with Crippen LogP contribution in [0.25, 0.3) is 6.08 Å². The Morgan fingerprint density at radius 3 is 0.290 bits per heavy atom. The number of carboxylic acids is 1. The fourth-order valence-electron chi connectivity index (χ4n) is 4.56. The van der Waals surface area contributed by atoms with E-state index < -0.39 is 5.97 Å². The van der Waals surface area contributed by atoms with E-state index in [2.05, 4.69) is 734 Å². The van der Waals surface area contributed by atoms with E-state index >= 15 is 0 Å². The molecule has 0 aliphatic heterocycles. The van der Waals surface area contributed by atoms with Gasteiger partial charge in [0.15, 0.2) is 0 Å². The van der Waals surface area contributed by atoms with Crippen molar-refractivity contribution in [1.29, 1.82) is 0 Å². The summed E-state index contributed by atoms with van der Waals surface area (Å²) in [5.41, 5.74) is 0.666. The van der Waals surface area contributed by atoms with Crippen LogP contribution in [-0.4, -0.2) is 11.1 Å². The van der Waals surface area contributed by atoms with Gasteiger partial charge in [0.1, 0.15) is 5.82 Å². The second-order valence-corrected chi connectivity index (χ2v) is 17.8. The molecule has 1 N–H and O–H groups in total. The molecule has 0 heterocycles. The first-order valence-electron chi connectivity index (χ1n) is 34.7. The molecule has 0 aromatic heterocycles. The van der Waals surface area contributed by atoms with Gasteiger partial charge in [-0.1, -0.05) is 12.1 Å². The number of hydrogen-bond acceptors (Lipinski definition) is 1. The first-order chi connectivity index (χ1) is 68.6. The Bertz CT molecular complexity index is 9080. The van der Waals surface area contributed by atoms with E-state index in [0.717, 1.165) is 6.08 Å². The SMILES string of the molecule is C#CC#CC#CC#CC#CC#CC#CC#CC#CC#CC#CC#CC#CC#CC#CC#CC#CC#CC#CC#CC#CC#CC#CC#CC#CC#CC#CC#CC#CC#CC#CC#CC#CC#CC#CC#CC#CC#CC#CC#CC#CC#CC#CC#CC#CC#CC#CC#CC#CC#CC#CC#CC#CC#CC#CC#CC#CC#CC#CC#CC#CC#CC#C.O=C(O)/C=C/c1ccc(F)cc1. The van der Waals surface area contributed by atoms with Crippen molar-refractivity contribution in [3.63, 3.8) is 0 Å². The molecule has 0 atom stereocenters. The smallest absolute Gasteiger partial charge is 0.328 e. The monoisotopic (exact) mass is 1680 g/mol. The summed E-state index contributed by atoms with van der Waals surface area (Å²) in [4.78, 5) is 10.1. The number of halogens is 1. The normalized spacial score (nSPS) is 4.51. The van der Waals surface area contributed by atoms with E-state index in [-0.39, 0.29) is 5.82 Å². The second kappa shape index (κ2) is 102. The molecular weight excluding hydrogens is 1670 g/mol. The fraction of sp³-hybridized carbons (Fsp3) is 0. The largest absolute Gasteiger partial charge is 0.478 e. The van der Waals surface area contributed by atoms with Gasteiger partial charge in [-0.3, -0.25) is 0 Å². The molecule has 568 valence electrons. The molecule has 1 rings (SSSR count). The zero-order valence-corrected chi connectivity index (χ0v) is 69.4.